The van der Waals surface area contributed by atoms with Crippen molar-refractivity contribution in [1.82, 2.24) is 9.88 Å². The molecule has 1 saturated heterocycles. The number of aromatic nitrogens is 1. The second-order valence-electron chi connectivity index (χ2n) is 9.78. The smallest absolute Gasteiger partial charge is 0.331 e. The molecule has 44 heavy (non-hydrogen) atoms. The number of aliphatic hydroxyl groups excluding tert-OH is 1. The fourth-order valence-electron chi connectivity index (χ4n) is 4.79. The predicted octanol–water partition coefficient (Wildman–Crippen LogP) is 4.73. The standard InChI is InChI=1S/C31H28F2N4O7/c1-42-27-15-21-24(16-28(27)43-2)34-11-10-25(21)44-26-9-6-19(14-23(26)33)35-29(39)22-17-36(12-3-13-38)31(41)37(30(22)40)20-7-4-18(32)5-8-20/h4-11,14-16,22,38H,3,12-13,17H2,1-2H3,(H,35,39). The van der Waals surface area contributed by atoms with E-state index in [4.69, 9.17) is 14.2 Å². The van der Waals surface area contributed by atoms with Crippen LogP contribution in [0.25, 0.3) is 10.9 Å². The maximum atomic E-state index is 15.2. The predicted molar refractivity (Wildman–Crippen MR) is 156 cm³/mol. The first-order valence-corrected chi connectivity index (χ1v) is 13.5. The molecule has 0 aliphatic carbocycles. The number of benzene rings is 3. The second kappa shape index (κ2) is 12.9. The van der Waals surface area contributed by atoms with Gasteiger partial charge in [0.15, 0.2) is 23.1 Å². The summed E-state index contributed by atoms with van der Waals surface area (Å²) < 4.78 is 45.2. The van der Waals surface area contributed by atoms with E-state index in [1.165, 1.54) is 49.6 Å². The van der Waals surface area contributed by atoms with Crippen LogP contribution in [-0.4, -0.2) is 66.8 Å². The summed E-state index contributed by atoms with van der Waals surface area (Å²) in [5.74, 6) is -3.26. The molecule has 1 aromatic heterocycles. The number of nitrogens with zero attached hydrogens (tertiary/aromatic N) is 3. The number of halogens is 2. The molecule has 1 aliphatic rings. The third-order valence-corrected chi connectivity index (χ3v) is 7.00. The highest BCUT2D eigenvalue weighted by Crippen LogP contribution is 2.37. The summed E-state index contributed by atoms with van der Waals surface area (Å²) >= 11 is 0. The molecular weight excluding hydrogens is 578 g/mol. The van der Waals surface area contributed by atoms with Crippen molar-refractivity contribution in [3.05, 3.63) is 78.5 Å². The average molecular weight is 607 g/mol. The monoisotopic (exact) mass is 606 g/mol. The molecule has 13 heteroatoms. The van der Waals surface area contributed by atoms with E-state index in [9.17, 15) is 23.9 Å². The number of carbonyl (C=O) groups excluding carboxylic acids is 3. The molecule has 1 aliphatic heterocycles. The molecule has 0 bridgehead atoms. The molecule has 4 aromatic rings. The van der Waals surface area contributed by atoms with Gasteiger partial charge in [-0.15, -0.1) is 0 Å². The van der Waals surface area contributed by atoms with Crippen molar-refractivity contribution in [3.8, 4) is 23.0 Å². The molecule has 0 saturated carbocycles. The van der Waals surface area contributed by atoms with Gasteiger partial charge < -0.3 is 29.5 Å². The Labute approximate surface area is 250 Å². The lowest BCUT2D eigenvalue weighted by atomic mass is 10.0. The Morgan fingerprint density at radius 3 is 2.39 bits per heavy atom. The van der Waals surface area contributed by atoms with Crippen LogP contribution >= 0.6 is 0 Å². The fourth-order valence-corrected chi connectivity index (χ4v) is 4.79. The minimum absolute atomic E-state index is 0.0470. The molecule has 11 nitrogen and oxygen atoms in total. The number of hydrogen-bond donors (Lipinski definition) is 2. The first-order valence-electron chi connectivity index (χ1n) is 13.5. The van der Waals surface area contributed by atoms with Crippen LogP contribution in [0.1, 0.15) is 6.42 Å². The molecule has 0 radical (unpaired) electrons. The van der Waals surface area contributed by atoms with Crippen LogP contribution in [0.5, 0.6) is 23.0 Å². The van der Waals surface area contributed by atoms with Crippen molar-refractivity contribution < 1.29 is 42.5 Å². The van der Waals surface area contributed by atoms with E-state index in [0.717, 1.165) is 23.1 Å². The van der Waals surface area contributed by atoms with E-state index in [1.807, 2.05) is 0 Å². The van der Waals surface area contributed by atoms with Crippen LogP contribution in [0, 0.1) is 17.6 Å². The molecule has 5 rings (SSSR count). The largest absolute Gasteiger partial charge is 0.493 e. The van der Waals surface area contributed by atoms with Gasteiger partial charge in [-0.3, -0.25) is 14.6 Å². The van der Waals surface area contributed by atoms with Gasteiger partial charge in [-0.1, -0.05) is 0 Å². The number of amides is 4. The minimum atomic E-state index is -1.36. The lowest BCUT2D eigenvalue weighted by molar-refractivity contribution is -0.132. The number of nitrogens with one attached hydrogen (secondary N) is 1. The summed E-state index contributed by atoms with van der Waals surface area (Å²) in [7, 11) is 2.98. The topological polar surface area (TPSA) is 131 Å². The van der Waals surface area contributed by atoms with Gasteiger partial charge in [0.05, 0.1) is 25.4 Å². The van der Waals surface area contributed by atoms with Gasteiger partial charge in [-0.2, -0.15) is 0 Å². The molecule has 228 valence electrons. The van der Waals surface area contributed by atoms with Crippen molar-refractivity contribution in [2.24, 2.45) is 5.92 Å². The highest BCUT2D eigenvalue weighted by atomic mass is 19.1. The maximum Gasteiger partial charge on any atom is 0.331 e. The number of pyridine rings is 1. The zero-order valence-electron chi connectivity index (χ0n) is 23.8. The first-order chi connectivity index (χ1) is 21.2. The number of fused-ring (bicyclic) bond motifs is 1. The number of hydrogen-bond acceptors (Lipinski definition) is 8. The molecule has 1 unspecified atom stereocenters. The summed E-state index contributed by atoms with van der Waals surface area (Å²) in [6.07, 6.45) is 1.71. The summed E-state index contributed by atoms with van der Waals surface area (Å²) in [4.78, 5) is 46.1. The number of carbonyl (C=O) groups is 3. The molecule has 2 N–H and O–H groups in total. The van der Waals surface area contributed by atoms with Crippen molar-refractivity contribution in [1.29, 1.82) is 0 Å². The zero-order chi connectivity index (χ0) is 31.4. The quantitative estimate of drug-likeness (QED) is 0.248. The van der Waals surface area contributed by atoms with Gasteiger partial charge in [0, 0.05) is 49.1 Å². The molecular formula is C31H28F2N4O7. The van der Waals surface area contributed by atoms with Gasteiger partial charge in [-0.05, 0) is 55.0 Å². The number of urea groups is 1. The highest BCUT2D eigenvalue weighted by Gasteiger charge is 2.43. The Hall–Kier alpha value is -5.30. The molecule has 3 aromatic carbocycles. The van der Waals surface area contributed by atoms with Crippen LogP contribution in [-0.2, 0) is 9.59 Å². The number of aliphatic hydroxyl groups is 1. The van der Waals surface area contributed by atoms with Crippen molar-refractivity contribution in [2.45, 2.75) is 6.42 Å². The van der Waals surface area contributed by atoms with E-state index < -0.39 is 35.4 Å². The third-order valence-electron chi connectivity index (χ3n) is 7.00. The van der Waals surface area contributed by atoms with E-state index in [1.54, 1.807) is 18.2 Å². The Kier molecular flexibility index (Phi) is 8.86. The fraction of sp³-hybridized carbons (Fsp3) is 0.226. The van der Waals surface area contributed by atoms with Gasteiger partial charge >= 0.3 is 6.03 Å². The Morgan fingerprint density at radius 2 is 1.70 bits per heavy atom. The van der Waals surface area contributed by atoms with E-state index in [-0.39, 0.29) is 43.2 Å². The normalized spacial score (nSPS) is 15.0. The van der Waals surface area contributed by atoms with E-state index >= 15 is 4.39 Å². The van der Waals surface area contributed by atoms with Gasteiger partial charge in [0.2, 0.25) is 11.8 Å². The van der Waals surface area contributed by atoms with Crippen LogP contribution in [0.4, 0.5) is 25.0 Å². The lowest BCUT2D eigenvalue weighted by Crippen LogP contribution is -2.59. The van der Waals surface area contributed by atoms with Crippen LogP contribution in [0.15, 0.2) is 66.9 Å². The number of anilines is 2. The van der Waals surface area contributed by atoms with Crippen molar-refractivity contribution >= 4 is 40.1 Å². The van der Waals surface area contributed by atoms with Gasteiger partial charge in [0.25, 0.3) is 0 Å². The van der Waals surface area contributed by atoms with Crippen LogP contribution < -0.4 is 24.4 Å². The van der Waals surface area contributed by atoms with Crippen LogP contribution in [0.2, 0.25) is 0 Å². The molecule has 1 fully saturated rings. The summed E-state index contributed by atoms with van der Waals surface area (Å²) in [6.45, 7) is -0.392. The molecule has 1 atom stereocenters. The number of imide groups is 1. The number of ether oxygens (including phenoxy) is 3. The second-order valence-corrected chi connectivity index (χ2v) is 9.78. The number of rotatable bonds is 10. The maximum absolute atomic E-state index is 15.2. The Balaban J connectivity index is 1.36. The molecule has 4 amide bonds. The third kappa shape index (κ3) is 6.08. The summed E-state index contributed by atoms with van der Waals surface area (Å²) in [5, 5.41) is 12.3. The highest BCUT2D eigenvalue weighted by molar-refractivity contribution is 6.23. The summed E-state index contributed by atoms with van der Waals surface area (Å²) in [6, 6.07) is 12.6. The van der Waals surface area contributed by atoms with E-state index in [0.29, 0.717) is 28.2 Å². The Bertz CT molecular complexity index is 1720. The van der Waals surface area contributed by atoms with Crippen molar-refractivity contribution in [3.63, 3.8) is 0 Å². The number of methoxy groups -OCH3 is 2. The van der Waals surface area contributed by atoms with Crippen LogP contribution in [0.3, 0.4) is 0 Å². The average Bonchev–Trinajstić information content (AvgIpc) is 3.02. The van der Waals surface area contributed by atoms with Gasteiger partial charge in [-0.25, -0.2) is 18.5 Å². The first kappa shape index (κ1) is 30.2. The van der Waals surface area contributed by atoms with Gasteiger partial charge in [0.1, 0.15) is 17.5 Å². The molecule has 2 heterocycles. The minimum Gasteiger partial charge on any atom is -0.493 e. The summed E-state index contributed by atoms with van der Waals surface area (Å²) in [5.41, 5.74) is 0.661. The zero-order valence-corrected chi connectivity index (χ0v) is 23.8. The Morgan fingerprint density at radius 1 is 0.977 bits per heavy atom. The lowest BCUT2D eigenvalue weighted by Gasteiger charge is -2.37. The van der Waals surface area contributed by atoms with E-state index in [2.05, 4.69) is 10.3 Å². The molecule has 0 spiro atoms. The SMILES string of the molecule is COc1cc2nccc(Oc3ccc(NC(=O)C4CN(CCCO)C(=O)N(c5ccc(F)cc5)C4=O)cc3F)c2cc1OC. The van der Waals surface area contributed by atoms with Crippen molar-refractivity contribution in [2.75, 3.05) is 44.1 Å².